The summed E-state index contributed by atoms with van der Waals surface area (Å²) in [6.45, 7) is 8.47. The van der Waals surface area contributed by atoms with Crippen molar-refractivity contribution in [3.63, 3.8) is 0 Å². The number of carboxylic acid groups (broad SMARTS) is 1. The number of hydrogen-bond donors (Lipinski definition) is 1. The second kappa shape index (κ2) is 12.4. The van der Waals surface area contributed by atoms with Crippen molar-refractivity contribution in [3.8, 4) is 17.0 Å². The van der Waals surface area contributed by atoms with Gasteiger partial charge >= 0.3 is 12.1 Å². The van der Waals surface area contributed by atoms with E-state index >= 15 is 0 Å². The van der Waals surface area contributed by atoms with Gasteiger partial charge in [0.2, 0.25) is 5.88 Å². The van der Waals surface area contributed by atoms with Gasteiger partial charge in [0.15, 0.2) is 0 Å². The van der Waals surface area contributed by atoms with E-state index in [2.05, 4.69) is 23.2 Å². The number of aryl methyl sites for hydroxylation is 2. The number of esters is 1. The molecular formula is C35H40N2O7. The molecule has 9 nitrogen and oxygen atoms in total. The predicted molar refractivity (Wildman–Crippen MR) is 165 cm³/mol. The van der Waals surface area contributed by atoms with E-state index in [1.54, 1.807) is 34.1 Å². The highest BCUT2D eigenvalue weighted by molar-refractivity contribution is 5.95. The van der Waals surface area contributed by atoms with Crippen LogP contribution >= 0.6 is 0 Å². The van der Waals surface area contributed by atoms with Crippen molar-refractivity contribution in [3.05, 3.63) is 82.5 Å². The van der Waals surface area contributed by atoms with Gasteiger partial charge in [-0.15, -0.1) is 0 Å². The highest BCUT2D eigenvalue weighted by Gasteiger charge is 2.51. The maximum absolute atomic E-state index is 12.6. The number of Topliss-reactive ketones (excluding diaryl/α,β-unsaturated/α-hetero) is 1. The molecule has 1 saturated heterocycles. The van der Waals surface area contributed by atoms with Gasteiger partial charge in [0.1, 0.15) is 23.4 Å². The number of hydrogen-bond acceptors (Lipinski definition) is 7. The minimum Gasteiger partial charge on any atom is -0.481 e. The van der Waals surface area contributed by atoms with Crippen LogP contribution in [0.1, 0.15) is 73.8 Å². The number of fused-ring (bicyclic) bond motifs is 2. The molecular weight excluding hydrogens is 560 g/mol. The van der Waals surface area contributed by atoms with Crippen LogP contribution < -0.4 is 4.74 Å². The molecule has 0 unspecified atom stereocenters. The molecule has 232 valence electrons. The van der Waals surface area contributed by atoms with Crippen molar-refractivity contribution in [1.29, 1.82) is 0 Å². The van der Waals surface area contributed by atoms with E-state index in [-0.39, 0.29) is 24.5 Å². The number of carbonyl (C=O) groups excluding carboxylic acids is 2. The first-order valence-electron chi connectivity index (χ1n) is 15.0. The lowest BCUT2D eigenvalue weighted by atomic mass is 9.71. The fourth-order valence-corrected chi connectivity index (χ4v) is 6.48. The number of methoxy groups -OCH3 is 1. The number of pyridine rings is 1. The van der Waals surface area contributed by atoms with E-state index in [1.165, 1.54) is 4.90 Å². The summed E-state index contributed by atoms with van der Waals surface area (Å²) in [6.07, 6.45) is 1.85. The second-order valence-electron chi connectivity index (χ2n) is 12.6. The Morgan fingerprint density at radius 1 is 1.14 bits per heavy atom. The number of ketones is 1. The third kappa shape index (κ3) is 6.48. The molecule has 2 aliphatic heterocycles. The van der Waals surface area contributed by atoms with Crippen molar-refractivity contribution in [1.82, 2.24) is 9.88 Å². The Kier molecular flexibility index (Phi) is 8.79. The van der Waals surface area contributed by atoms with Crippen LogP contribution in [-0.2, 0) is 37.7 Å². The van der Waals surface area contributed by atoms with Crippen LogP contribution in [0.2, 0.25) is 0 Å². The Hall–Kier alpha value is -4.24. The zero-order valence-corrected chi connectivity index (χ0v) is 26.0. The van der Waals surface area contributed by atoms with Crippen molar-refractivity contribution in [2.24, 2.45) is 0 Å². The number of amides is 1. The van der Waals surface area contributed by atoms with Gasteiger partial charge in [-0.1, -0.05) is 42.5 Å². The van der Waals surface area contributed by atoms with Crippen LogP contribution in [0.4, 0.5) is 4.79 Å². The number of rotatable bonds is 8. The molecule has 1 N–H and O–H groups in total. The smallest absolute Gasteiger partial charge is 0.407 e. The quantitative estimate of drug-likeness (QED) is 0.240. The number of piperidine rings is 1. The number of likely N-dealkylation sites (tertiary alicyclic amines) is 1. The SMILES string of the molecule is COc1cc2c(cn1)CO[C@@]21CCN(C(=O)O)C[C@@H]1c1ccc(-c2ccccc2CCC(=O)CC(=O)OC(C)(C)C)cc1C. The van der Waals surface area contributed by atoms with Gasteiger partial charge in [-0.2, -0.15) is 0 Å². The van der Waals surface area contributed by atoms with E-state index < -0.39 is 23.3 Å². The molecule has 0 aliphatic carbocycles. The first-order chi connectivity index (χ1) is 20.9. The molecule has 0 radical (unpaired) electrons. The number of ether oxygens (including phenoxy) is 3. The lowest BCUT2D eigenvalue weighted by molar-refractivity contribution is -0.156. The third-order valence-corrected chi connectivity index (χ3v) is 8.51. The van der Waals surface area contributed by atoms with Gasteiger partial charge in [-0.3, -0.25) is 9.59 Å². The summed E-state index contributed by atoms with van der Waals surface area (Å²) in [7, 11) is 1.58. The molecule has 3 aromatic rings. The summed E-state index contributed by atoms with van der Waals surface area (Å²) in [5, 5.41) is 9.90. The molecule has 2 atom stereocenters. The molecule has 44 heavy (non-hydrogen) atoms. The van der Waals surface area contributed by atoms with E-state index in [9.17, 15) is 19.5 Å². The Morgan fingerprint density at radius 2 is 1.91 bits per heavy atom. The number of carbonyl (C=O) groups is 3. The van der Waals surface area contributed by atoms with Gasteiger partial charge in [0.25, 0.3) is 0 Å². The van der Waals surface area contributed by atoms with Crippen LogP contribution in [-0.4, -0.2) is 58.6 Å². The Balaban J connectivity index is 1.42. The first kappa shape index (κ1) is 31.2. The van der Waals surface area contributed by atoms with Crippen molar-refractivity contribution >= 4 is 17.8 Å². The molecule has 9 heteroatoms. The summed E-state index contributed by atoms with van der Waals surface area (Å²) in [4.78, 5) is 42.6. The minimum absolute atomic E-state index is 0.158. The van der Waals surface area contributed by atoms with Gasteiger partial charge in [0, 0.05) is 43.3 Å². The third-order valence-electron chi connectivity index (χ3n) is 8.51. The average Bonchev–Trinajstić information content (AvgIpc) is 3.33. The van der Waals surface area contributed by atoms with Gasteiger partial charge < -0.3 is 24.2 Å². The number of nitrogens with zero attached hydrogens (tertiary/aromatic N) is 2. The topological polar surface area (TPSA) is 115 Å². The van der Waals surface area contributed by atoms with Gasteiger partial charge in [-0.05, 0) is 73.9 Å². The Labute approximate surface area is 258 Å². The normalized spacial score (nSPS) is 19.5. The second-order valence-corrected chi connectivity index (χ2v) is 12.6. The highest BCUT2D eigenvalue weighted by Crippen LogP contribution is 2.52. The lowest BCUT2D eigenvalue weighted by Gasteiger charge is -2.45. The maximum Gasteiger partial charge on any atom is 0.407 e. The Morgan fingerprint density at radius 3 is 2.61 bits per heavy atom. The van der Waals surface area contributed by atoms with Gasteiger partial charge in [-0.25, -0.2) is 9.78 Å². The Bertz CT molecular complexity index is 1580. The van der Waals surface area contributed by atoms with E-state index in [0.29, 0.717) is 38.4 Å². The highest BCUT2D eigenvalue weighted by atomic mass is 16.6. The zero-order chi connectivity index (χ0) is 31.6. The molecule has 3 heterocycles. The summed E-state index contributed by atoms with van der Waals surface area (Å²) in [5.41, 5.74) is 5.73. The molecule has 5 rings (SSSR count). The van der Waals surface area contributed by atoms with Crippen LogP contribution in [0.5, 0.6) is 5.88 Å². The summed E-state index contributed by atoms with van der Waals surface area (Å²) < 4.78 is 17.3. The largest absolute Gasteiger partial charge is 0.481 e. The summed E-state index contributed by atoms with van der Waals surface area (Å²) in [6, 6.07) is 16.1. The summed E-state index contributed by atoms with van der Waals surface area (Å²) in [5.74, 6) is -0.404. The van der Waals surface area contributed by atoms with E-state index in [4.69, 9.17) is 14.2 Å². The monoisotopic (exact) mass is 600 g/mol. The van der Waals surface area contributed by atoms with E-state index in [1.807, 2.05) is 37.3 Å². The van der Waals surface area contributed by atoms with Crippen LogP contribution in [0.3, 0.4) is 0 Å². The molecule has 0 bridgehead atoms. The molecule has 1 fully saturated rings. The van der Waals surface area contributed by atoms with Crippen LogP contribution in [0, 0.1) is 6.92 Å². The van der Waals surface area contributed by atoms with Crippen molar-refractivity contribution < 1.29 is 33.7 Å². The number of aromatic nitrogens is 1. The number of benzene rings is 2. The van der Waals surface area contributed by atoms with Gasteiger partial charge in [0.05, 0.1) is 13.7 Å². The molecule has 1 amide bonds. The standard InChI is InChI=1S/C35H40N2O7/c1-22-16-24(28-9-7-6-8-23(28)10-12-26(38)17-32(39)44-34(2,3)4)11-13-27(22)30-20-37(33(40)41)15-14-35(30)29-18-31(42-5)36-19-25(29)21-43-35/h6-9,11,13,16,18-19,30H,10,12,14-15,17,20-21H2,1-5H3,(H,40,41)/t30-,35+/m1/s1. The fraction of sp³-hybridized carbons (Fsp3) is 0.429. The predicted octanol–water partition coefficient (Wildman–Crippen LogP) is 6.19. The fourth-order valence-electron chi connectivity index (χ4n) is 6.48. The summed E-state index contributed by atoms with van der Waals surface area (Å²) >= 11 is 0. The minimum atomic E-state index is -0.945. The lowest BCUT2D eigenvalue weighted by Crippen LogP contribution is -2.50. The molecule has 0 saturated carbocycles. The molecule has 2 aliphatic rings. The molecule has 2 aromatic carbocycles. The zero-order valence-electron chi connectivity index (χ0n) is 26.0. The van der Waals surface area contributed by atoms with E-state index in [0.717, 1.165) is 38.9 Å². The first-order valence-corrected chi connectivity index (χ1v) is 15.0. The molecule has 1 spiro atoms. The van der Waals surface area contributed by atoms with Crippen molar-refractivity contribution in [2.45, 2.75) is 77.1 Å². The van der Waals surface area contributed by atoms with Crippen molar-refractivity contribution in [2.75, 3.05) is 20.2 Å². The van der Waals surface area contributed by atoms with Crippen LogP contribution in [0.15, 0.2) is 54.7 Å². The van der Waals surface area contributed by atoms with Crippen LogP contribution in [0.25, 0.3) is 11.1 Å². The molecule has 1 aromatic heterocycles. The average molecular weight is 601 g/mol. The maximum atomic E-state index is 12.6.